The number of fused-ring (bicyclic) bond motifs is 1. The standard InChI is InChI=1S/C19H24N2O5S/c1-4-26-17(22)11-21-13-9-14(24-2)15(25-3)10-16(13)27-19(21)20-18(23)12-7-5-6-8-12/h9-10,12H,4-8,11H2,1-3H3. The summed E-state index contributed by atoms with van der Waals surface area (Å²) in [5, 5.41) is 0. The normalized spacial score (nSPS) is 15.3. The summed E-state index contributed by atoms with van der Waals surface area (Å²) in [5.74, 6) is 0.630. The lowest BCUT2D eigenvalue weighted by Gasteiger charge is -2.09. The van der Waals surface area contributed by atoms with E-state index in [2.05, 4.69) is 4.99 Å². The van der Waals surface area contributed by atoms with Crippen molar-refractivity contribution in [1.82, 2.24) is 4.57 Å². The van der Waals surface area contributed by atoms with E-state index in [1.807, 2.05) is 6.07 Å². The minimum Gasteiger partial charge on any atom is -0.493 e. The predicted molar refractivity (Wildman–Crippen MR) is 102 cm³/mol. The molecule has 0 unspecified atom stereocenters. The Labute approximate surface area is 161 Å². The summed E-state index contributed by atoms with van der Waals surface area (Å²) in [6.07, 6.45) is 3.89. The van der Waals surface area contributed by atoms with E-state index in [4.69, 9.17) is 14.2 Å². The molecule has 146 valence electrons. The van der Waals surface area contributed by atoms with Crippen molar-refractivity contribution in [2.45, 2.75) is 39.2 Å². The van der Waals surface area contributed by atoms with Gasteiger partial charge < -0.3 is 18.8 Å². The molecule has 0 aliphatic heterocycles. The van der Waals surface area contributed by atoms with Crippen molar-refractivity contribution in [2.24, 2.45) is 10.9 Å². The van der Waals surface area contributed by atoms with Crippen LogP contribution in [0.2, 0.25) is 0 Å². The Balaban J connectivity index is 2.12. The largest absolute Gasteiger partial charge is 0.493 e. The first-order valence-electron chi connectivity index (χ1n) is 9.07. The van der Waals surface area contributed by atoms with Crippen molar-refractivity contribution in [3.8, 4) is 11.5 Å². The van der Waals surface area contributed by atoms with Gasteiger partial charge in [-0.25, -0.2) is 0 Å². The van der Waals surface area contributed by atoms with Gasteiger partial charge in [0.25, 0.3) is 5.91 Å². The number of amides is 1. The highest BCUT2D eigenvalue weighted by Gasteiger charge is 2.23. The Bertz CT molecular complexity index is 909. The van der Waals surface area contributed by atoms with Crippen LogP contribution in [0.25, 0.3) is 10.2 Å². The van der Waals surface area contributed by atoms with Crippen LogP contribution in [0.4, 0.5) is 0 Å². The van der Waals surface area contributed by atoms with Gasteiger partial charge in [0.2, 0.25) is 0 Å². The van der Waals surface area contributed by atoms with Crippen LogP contribution in [0.15, 0.2) is 17.1 Å². The second kappa shape index (κ2) is 8.56. The number of aromatic nitrogens is 1. The molecule has 8 heteroatoms. The van der Waals surface area contributed by atoms with Crippen molar-refractivity contribution in [3.63, 3.8) is 0 Å². The van der Waals surface area contributed by atoms with E-state index in [1.54, 1.807) is 31.8 Å². The Hall–Kier alpha value is -2.35. The van der Waals surface area contributed by atoms with Crippen LogP contribution in [0.1, 0.15) is 32.6 Å². The number of hydrogen-bond donors (Lipinski definition) is 0. The van der Waals surface area contributed by atoms with Crippen molar-refractivity contribution in [3.05, 3.63) is 16.9 Å². The predicted octanol–water partition coefficient (Wildman–Crippen LogP) is 2.90. The average Bonchev–Trinajstić information content (AvgIpc) is 3.30. The fourth-order valence-corrected chi connectivity index (χ4v) is 4.37. The van der Waals surface area contributed by atoms with Crippen molar-refractivity contribution in [1.29, 1.82) is 0 Å². The number of nitrogens with zero attached hydrogens (tertiary/aromatic N) is 2. The third-order valence-corrected chi connectivity index (χ3v) is 5.73. The maximum atomic E-state index is 12.6. The second-order valence-electron chi connectivity index (χ2n) is 6.38. The number of thiazole rings is 1. The lowest BCUT2D eigenvalue weighted by molar-refractivity contribution is -0.143. The van der Waals surface area contributed by atoms with E-state index < -0.39 is 0 Å². The monoisotopic (exact) mass is 392 g/mol. The van der Waals surface area contributed by atoms with Crippen LogP contribution in [0.5, 0.6) is 11.5 Å². The van der Waals surface area contributed by atoms with E-state index in [-0.39, 0.29) is 24.3 Å². The smallest absolute Gasteiger partial charge is 0.326 e. The number of carbonyl (C=O) groups is 2. The molecule has 1 aromatic carbocycles. The lowest BCUT2D eigenvalue weighted by atomic mass is 10.1. The first-order valence-corrected chi connectivity index (χ1v) is 9.88. The molecule has 1 heterocycles. The van der Waals surface area contributed by atoms with Gasteiger partial charge >= 0.3 is 5.97 Å². The van der Waals surface area contributed by atoms with Crippen LogP contribution in [-0.2, 0) is 20.9 Å². The molecule has 1 aliphatic rings. The summed E-state index contributed by atoms with van der Waals surface area (Å²) in [6, 6.07) is 3.63. The van der Waals surface area contributed by atoms with Crippen LogP contribution in [0, 0.1) is 5.92 Å². The Morgan fingerprint density at radius 3 is 2.48 bits per heavy atom. The fourth-order valence-electron chi connectivity index (χ4n) is 3.33. The molecule has 1 aromatic heterocycles. The first-order chi connectivity index (χ1) is 13.1. The molecule has 0 N–H and O–H groups in total. The Kier molecular flexibility index (Phi) is 6.15. The van der Waals surface area contributed by atoms with Crippen molar-refractivity contribution < 1.29 is 23.8 Å². The maximum Gasteiger partial charge on any atom is 0.326 e. The number of ether oxygens (including phenoxy) is 3. The van der Waals surface area contributed by atoms with E-state index in [9.17, 15) is 9.59 Å². The summed E-state index contributed by atoms with van der Waals surface area (Å²) in [7, 11) is 3.12. The number of methoxy groups -OCH3 is 2. The summed E-state index contributed by atoms with van der Waals surface area (Å²) >= 11 is 1.35. The molecule has 0 atom stereocenters. The van der Waals surface area contributed by atoms with Gasteiger partial charge in [-0.15, -0.1) is 0 Å². The molecule has 1 saturated carbocycles. The summed E-state index contributed by atoms with van der Waals surface area (Å²) in [5.41, 5.74) is 0.753. The molecular weight excluding hydrogens is 368 g/mol. The summed E-state index contributed by atoms with van der Waals surface area (Å²) < 4.78 is 18.4. The highest BCUT2D eigenvalue weighted by Crippen LogP contribution is 2.33. The molecule has 3 rings (SSSR count). The first kappa shape index (κ1) is 19.4. The van der Waals surface area contributed by atoms with Gasteiger partial charge in [0.1, 0.15) is 6.54 Å². The quantitative estimate of drug-likeness (QED) is 0.706. The second-order valence-corrected chi connectivity index (χ2v) is 7.39. The third-order valence-electron chi connectivity index (χ3n) is 4.69. The zero-order valence-electron chi connectivity index (χ0n) is 15.8. The van der Waals surface area contributed by atoms with Gasteiger partial charge in [-0.3, -0.25) is 9.59 Å². The number of carbonyl (C=O) groups excluding carboxylic acids is 2. The molecule has 2 aromatic rings. The Morgan fingerprint density at radius 2 is 1.85 bits per heavy atom. The molecule has 1 aliphatic carbocycles. The van der Waals surface area contributed by atoms with E-state index >= 15 is 0 Å². The Morgan fingerprint density at radius 1 is 1.19 bits per heavy atom. The molecule has 0 bridgehead atoms. The number of esters is 1. The van der Waals surface area contributed by atoms with E-state index in [1.165, 1.54) is 11.3 Å². The average molecular weight is 392 g/mol. The van der Waals surface area contributed by atoms with Crippen LogP contribution < -0.4 is 14.3 Å². The topological polar surface area (TPSA) is 79.1 Å². The maximum absolute atomic E-state index is 12.6. The molecule has 1 fully saturated rings. The SMILES string of the molecule is CCOC(=O)Cn1c(=NC(=O)C2CCCC2)sc2cc(OC)c(OC)cc21. The van der Waals surface area contributed by atoms with Gasteiger partial charge in [-0.2, -0.15) is 4.99 Å². The zero-order valence-corrected chi connectivity index (χ0v) is 16.6. The highest BCUT2D eigenvalue weighted by molar-refractivity contribution is 7.16. The molecule has 0 spiro atoms. The van der Waals surface area contributed by atoms with Gasteiger partial charge in [-0.1, -0.05) is 24.2 Å². The van der Waals surface area contributed by atoms with Crippen LogP contribution >= 0.6 is 11.3 Å². The van der Waals surface area contributed by atoms with Crippen molar-refractivity contribution >= 4 is 33.4 Å². The van der Waals surface area contributed by atoms with Gasteiger partial charge in [0.15, 0.2) is 16.3 Å². The van der Waals surface area contributed by atoms with E-state index in [0.717, 1.165) is 35.9 Å². The molecule has 1 amide bonds. The summed E-state index contributed by atoms with van der Waals surface area (Å²) in [6.45, 7) is 2.04. The molecule has 27 heavy (non-hydrogen) atoms. The summed E-state index contributed by atoms with van der Waals surface area (Å²) in [4.78, 5) is 29.5. The zero-order chi connectivity index (χ0) is 19.4. The lowest BCUT2D eigenvalue weighted by Crippen LogP contribution is -2.24. The molecule has 0 radical (unpaired) electrons. The molecule has 7 nitrogen and oxygen atoms in total. The van der Waals surface area contributed by atoms with Crippen molar-refractivity contribution in [2.75, 3.05) is 20.8 Å². The number of rotatable bonds is 6. The number of hydrogen-bond acceptors (Lipinski definition) is 6. The number of benzene rings is 1. The van der Waals surface area contributed by atoms with Crippen LogP contribution in [-0.4, -0.2) is 37.3 Å². The fraction of sp³-hybridized carbons (Fsp3) is 0.526. The molecule has 0 saturated heterocycles. The van der Waals surface area contributed by atoms with Gasteiger partial charge in [0.05, 0.1) is 31.0 Å². The van der Waals surface area contributed by atoms with E-state index in [0.29, 0.717) is 22.9 Å². The third kappa shape index (κ3) is 4.16. The highest BCUT2D eigenvalue weighted by atomic mass is 32.1. The van der Waals surface area contributed by atoms with Gasteiger partial charge in [-0.05, 0) is 19.8 Å². The van der Waals surface area contributed by atoms with Crippen LogP contribution in [0.3, 0.4) is 0 Å². The minimum absolute atomic E-state index is 0.0138. The molecular formula is C19H24N2O5S. The van der Waals surface area contributed by atoms with Gasteiger partial charge in [0, 0.05) is 18.1 Å². The minimum atomic E-state index is -0.373.